The lowest BCUT2D eigenvalue weighted by molar-refractivity contribution is -0.00771. The van der Waals surface area contributed by atoms with Gasteiger partial charge in [0.05, 0.1) is 23.5 Å². The Morgan fingerprint density at radius 1 is 1.32 bits per heavy atom. The first-order chi connectivity index (χ1) is 11.8. The number of amides is 1. The molecule has 2 aliphatic rings. The second-order valence-corrected chi connectivity index (χ2v) is 7.93. The molecule has 2 heterocycles. The molecule has 1 fully saturated rings. The first-order valence-electron chi connectivity index (χ1n) is 9.50. The number of fused-ring (bicyclic) bond motifs is 1. The number of carbonyl (C=O) groups is 1. The zero-order valence-corrected chi connectivity index (χ0v) is 15.9. The Balaban J connectivity index is 1.81. The molecule has 0 saturated heterocycles. The highest BCUT2D eigenvalue weighted by Crippen LogP contribution is 2.32. The average Bonchev–Trinajstić information content (AvgIpc) is 2.71. The molecule has 6 nitrogen and oxygen atoms in total. The number of aromatic nitrogens is 2. The number of carbonyl (C=O) groups excluding carboxylic acids is 1. The van der Waals surface area contributed by atoms with Crippen LogP contribution in [0.5, 0.6) is 0 Å². The van der Waals surface area contributed by atoms with E-state index in [1.165, 1.54) is 12.8 Å². The molecule has 1 N–H and O–H groups in total. The molecular formula is C19H31N3O3. The van der Waals surface area contributed by atoms with Gasteiger partial charge in [0.25, 0.3) is 5.91 Å². The van der Waals surface area contributed by atoms with Gasteiger partial charge in [-0.2, -0.15) is 5.10 Å². The Labute approximate surface area is 150 Å². The normalized spacial score (nSPS) is 26.0. The molecule has 0 spiro atoms. The lowest BCUT2D eigenvalue weighted by Crippen LogP contribution is -2.44. The first-order valence-corrected chi connectivity index (χ1v) is 9.50. The molecule has 140 valence electrons. The Bertz CT molecular complexity index is 632. The fraction of sp³-hybridized carbons (Fsp3) is 0.789. The summed E-state index contributed by atoms with van der Waals surface area (Å²) in [6.45, 7) is 4.39. The Hall–Kier alpha value is -1.40. The van der Waals surface area contributed by atoms with Crippen LogP contribution in [0.2, 0.25) is 0 Å². The third-order valence-electron chi connectivity index (χ3n) is 5.60. The van der Waals surface area contributed by atoms with Gasteiger partial charge in [-0.05, 0) is 26.7 Å². The van der Waals surface area contributed by atoms with Gasteiger partial charge in [0.15, 0.2) is 0 Å². The van der Waals surface area contributed by atoms with Crippen LogP contribution < -0.4 is 0 Å². The third-order valence-corrected chi connectivity index (χ3v) is 5.60. The van der Waals surface area contributed by atoms with Crippen LogP contribution in [0.15, 0.2) is 0 Å². The quantitative estimate of drug-likeness (QED) is 0.852. The minimum atomic E-state index is -0.761. The van der Waals surface area contributed by atoms with Crippen LogP contribution in [0.25, 0.3) is 0 Å². The summed E-state index contributed by atoms with van der Waals surface area (Å²) in [5.41, 5.74) is 1.74. The second kappa shape index (κ2) is 7.08. The molecule has 1 aliphatic carbocycles. The van der Waals surface area contributed by atoms with Crippen molar-refractivity contribution in [1.29, 1.82) is 0 Å². The van der Waals surface area contributed by atoms with Crippen molar-refractivity contribution in [1.82, 2.24) is 14.7 Å². The minimum absolute atomic E-state index is 0.0600. The van der Waals surface area contributed by atoms with Crippen LogP contribution in [-0.4, -0.2) is 51.0 Å². The van der Waals surface area contributed by atoms with Crippen molar-refractivity contribution in [2.45, 2.75) is 76.6 Å². The molecule has 6 heteroatoms. The maximum atomic E-state index is 13.1. The molecule has 0 bridgehead atoms. The lowest BCUT2D eigenvalue weighted by atomic mass is 9.93. The molecule has 1 aromatic rings. The zero-order chi connectivity index (χ0) is 18.2. The molecule has 25 heavy (non-hydrogen) atoms. The summed E-state index contributed by atoms with van der Waals surface area (Å²) in [4.78, 5) is 14.8. The lowest BCUT2D eigenvalue weighted by Gasteiger charge is -2.32. The van der Waals surface area contributed by atoms with Crippen molar-refractivity contribution in [2.75, 3.05) is 13.6 Å². The molecular weight excluding hydrogens is 318 g/mol. The molecule has 1 amide bonds. The van der Waals surface area contributed by atoms with Crippen LogP contribution in [0.3, 0.4) is 0 Å². The number of ether oxygens (including phenoxy) is 1. The van der Waals surface area contributed by atoms with E-state index in [0.717, 1.165) is 36.9 Å². The van der Waals surface area contributed by atoms with Gasteiger partial charge in [-0.1, -0.05) is 25.7 Å². The standard InChI is InChI=1S/C19H31N3O3/c1-13-11-15-16(14(2)25-13)20-22(4)17(15)18(23)21(3)12-19(24)9-7-5-6-8-10-19/h13-14,24H,5-12H2,1-4H3/t13-,14+/m1/s1. The van der Waals surface area contributed by atoms with Gasteiger partial charge in [-0.3, -0.25) is 9.48 Å². The number of hydrogen-bond donors (Lipinski definition) is 1. The van der Waals surface area contributed by atoms with Crippen molar-refractivity contribution >= 4 is 5.91 Å². The number of nitrogens with zero attached hydrogens (tertiary/aromatic N) is 3. The SMILES string of the molecule is C[C@@H]1Cc2c(nn(C)c2C(=O)N(C)CC2(O)CCCCCC2)[C@H](C)O1. The summed E-state index contributed by atoms with van der Waals surface area (Å²) in [6.07, 6.45) is 6.64. The third kappa shape index (κ3) is 3.75. The van der Waals surface area contributed by atoms with Crippen molar-refractivity contribution in [3.63, 3.8) is 0 Å². The number of aliphatic hydroxyl groups is 1. The number of aryl methyl sites for hydroxylation is 1. The molecule has 1 aliphatic heterocycles. The molecule has 0 unspecified atom stereocenters. The van der Waals surface area contributed by atoms with Gasteiger partial charge in [-0.25, -0.2) is 0 Å². The van der Waals surface area contributed by atoms with E-state index in [1.807, 2.05) is 20.9 Å². The van der Waals surface area contributed by atoms with Crippen LogP contribution in [0, 0.1) is 0 Å². The Morgan fingerprint density at radius 3 is 2.60 bits per heavy atom. The molecule has 3 rings (SSSR count). The largest absolute Gasteiger partial charge is 0.388 e. The predicted molar refractivity (Wildman–Crippen MR) is 95.5 cm³/mol. The van der Waals surface area contributed by atoms with E-state index in [-0.39, 0.29) is 18.1 Å². The fourth-order valence-electron chi connectivity index (χ4n) is 4.37. The highest BCUT2D eigenvalue weighted by atomic mass is 16.5. The van der Waals surface area contributed by atoms with E-state index in [9.17, 15) is 9.90 Å². The van der Waals surface area contributed by atoms with Crippen LogP contribution in [0.4, 0.5) is 0 Å². The Morgan fingerprint density at radius 2 is 1.96 bits per heavy atom. The van der Waals surface area contributed by atoms with E-state index in [4.69, 9.17) is 4.74 Å². The minimum Gasteiger partial charge on any atom is -0.388 e. The average molecular weight is 349 g/mol. The van der Waals surface area contributed by atoms with E-state index < -0.39 is 5.60 Å². The van der Waals surface area contributed by atoms with Crippen molar-refractivity contribution in [3.05, 3.63) is 17.0 Å². The van der Waals surface area contributed by atoms with E-state index >= 15 is 0 Å². The van der Waals surface area contributed by atoms with Crippen LogP contribution in [-0.2, 0) is 18.2 Å². The van der Waals surface area contributed by atoms with Crippen molar-refractivity contribution in [2.24, 2.45) is 7.05 Å². The van der Waals surface area contributed by atoms with Crippen molar-refractivity contribution < 1.29 is 14.6 Å². The van der Waals surface area contributed by atoms with E-state index in [2.05, 4.69) is 5.10 Å². The topological polar surface area (TPSA) is 67.6 Å². The molecule has 1 aromatic heterocycles. The smallest absolute Gasteiger partial charge is 0.272 e. The van der Waals surface area contributed by atoms with Gasteiger partial charge in [0.2, 0.25) is 0 Å². The summed E-state index contributed by atoms with van der Waals surface area (Å²) in [6, 6.07) is 0. The van der Waals surface area contributed by atoms with Gasteiger partial charge < -0.3 is 14.7 Å². The van der Waals surface area contributed by atoms with E-state index in [0.29, 0.717) is 18.7 Å². The summed E-state index contributed by atoms with van der Waals surface area (Å²) in [7, 11) is 3.61. The van der Waals surface area contributed by atoms with E-state index in [1.54, 1.807) is 16.6 Å². The molecule has 0 aromatic carbocycles. The fourth-order valence-corrected chi connectivity index (χ4v) is 4.37. The predicted octanol–water partition coefficient (Wildman–Crippen LogP) is 2.60. The highest BCUT2D eigenvalue weighted by Gasteiger charge is 2.35. The summed E-state index contributed by atoms with van der Waals surface area (Å²) in [5, 5.41) is 15.5. The summed E-state index contributed by atoms with van der Waals surface area (Å²) in [5.74, 6) is -0.0600. The maximum absolute atomic E-state index is 13.1. The molecule has 0 radical (unpaired) electrons. The second-order valence-electron chi connectivity index (χ2n) is 7.93. The maximum Gasteiger partial charge on any atom is 0.272 e. The van der Waals surface area contributed by atoms with Gasteiger partial charge in [-0.15, -0.1) is 0 Å². The van der Waals surface area contributed by atoms with Crippen LogP contribution >= 0.6 is 0 Å². The Kier molecular flexibility index (Phi) is 5.21. The number of likely N-dealkylation sites (N-methyl/N-ethyl adjacent to an activating group) is 1. The van der Waals surface area contributed by atoms with Gasteiger partial charge in [0, 0.05) is 32.6 Å². The highest BCUT2D eigenvalue weighted by molar-refractivity contribution is 5.94. The first kappa shape index (κ1) is 18.4. The summed E-state index contributed by atoms with van der Waals surface area (Å²) >= 11 is 0. The molecule has 2 atom stereocenters. The summed E-state index contributed by atoms with van der Waals surface area (Å²) < 4.78 is 7.51. The van der Waals surface area contributed by atoms with Crippen molar-refractivity contribution in [3.8, 4) is 0 Å². The molecule has 1 saturated carbocycles. The van der Waals surface area contributed by atoms with Gasteiger partial charge >= 0.3 is 0 Å². The number of hydrogen-bond acceptors (Lipinski definition) is 4. The monoisotopic (exact) mass is 349 g/mol. The number of rotatable bonds is 3. The zero-order valence-electron chi connectivity index (χ0n) is 15.9. The van der Waals surface area contributed by atoms with Crippen LogP contribution in [0.1, 0.15) is 80.2 Å². The van der Waals surface area contributed by atoms with Gasteiger partial charge in [0.1, 0.15) is 5.69 Å².